The Balaban J connectivity index is 2.26. The second-order valence-electron chi connectivity index (χ2n) is 4.70. The van der Waals surface area contributed by atoms with Crippen LogP contribution in [0.25, 0.3) is 0 Å². The van der Waals surface area contributed by atoms with E-state index in [0.717, 1.165) is 28.0 Å². The number of ether oxygens (including phenoxy) is 3. The molecule has 0 aliphatic carbocycles. The Morgan fingerprint density at radius 3 is 2.82 bits per heavy atom. The Morgan fingerprint density at radius 2 is 2.05 bits per heavy atom. The van der Waals surface area contributed by atoms with E-state index >= 15 is 0 Å². The summed E-state index contributed by atoms with van der Waals surface area (Å²) in [5.41, 5.74) is 1.08. The Morgan fingerprint density at radius 1 is 1.18 bits per heavy atom. The maximum absolute atomic E-state index is 5.77. The number of thiol groups is 1. The third-order valence-electron chi connectivity index (χ3n) is 2.88. The van der Waals surface area contributed by atoms with Crippen molar-refractivity contribution >= 4 is 38.3 Å². The van der Waals surface area contributed by atoms with E-state index < -0.39 is 9.76 Å². The molecular formula is C15H25BrO4SSi. The van der Waals surface area contributed by atoms with Crippen molar-refractivity contribution in [1.82, 2.24) is 0 Å². The van der Waals surface area contributed by atoms with Crippen molar-refractivity contribution in [2.24, 2.45) is 0 Å². The van der Waals surface area contributed by atoms with Crippen LogP contribution in [-0.2, 0) is 20.5 Å². The zero-order valence-corrected chi connectivity index (χ0v) is 16.9. The normalized spacial score (nSPS) is 11.4. The molecule has 7 heteroatoms. The monoisotopic (exact) mass is 408 g/mol. The summed E-state index contributed by atoms with van der Waals surface area (Å²) in [4.78, 5) is 0. The van der Waals surface area contributed by atoms with Gasteiger partial charge < -0.3 is 18.6 Å². The summed E-state index contributed by atoms with van der Waals surface area (Å²) in [5, 5.41) is 0. The van der Waals surface area contributed by atoms with Crippen LogP contribution in [-0.4, -0.2) is 49.1 Å². The summed E-state index contributed by atoms with van der Waals surface area (Å²) in [6.07, 6.45) is 1.15. The van der Waals surface area contributed by atoms with Crippen molar-refractivity contribution in [2.45, 2.75) is 19.1 Å². The Kier molecular flexibility index (Phi) is 12.2. The van der Waals surface area contributed by atoms with Gasteiger partial charge in [0.05, 0.1) is 30.9 Å². The number of rotatable bonds is 13. The van der Waals surface area contributed by atoms with Gasteiger partial charge in [0.15, 0.2) is 9.76 Å². The maximum atomic E-state index is 5.77. The van der Waals surface area contributed by atoms with E-state index in [0.29, 0.717) is 33.0 Å². The molecule has 22 heavy (non-hydrogen) atoms. The van der Waals surface area contributed by atoms with Crippen LogP contribution in [0.1, 0.15) is 12.0 Å². The number of benzene rings is 1. The van der Waals surface area contributed by atoms with Gasteiger partial charge in [-0.3, -0.25) is 0 Å². The summed E-state index contributed by atoms with van der Waals surface area (Å²) in [5.74, 6) is 1.77. The summed E-state index contributed by atoms with van der Waals surface area (Å²) in [6, 6.07) is 7.17. The van der Waals surface area contributed by atoms with E-state index in [2.05, 4.69) is 28.6 Å². The van der Waals surface area contributed by atoms with Crippen LogP contribution in [0.2, 0.25) is 6.04 Å². The molecule has 0 saturated carbocycles. The lowest BCUT2D eigenvalue weighted by atomic mass is 10.2. The van der Waals surface area contributed by atoms with Gasteiger partial charge in [0, 0.05) is 7.11 Å². The van der Waals surface area contributed by atoms with E-state index in [4.69, 9.17) is 18.6 Å². The lowest BCUT2D eigenvalue weighted by molar-refractivity contribution is 0.0615. The van der Waals surface area contributed by atoms with Crippen LogP contribution in [0.15, 0.2) is 22.7 Å². The van der Waals surface area contributed by atoms with Crippen molar-refractivity contribution in [3.8, 4) is 5.75 Å². The quantitative estimate of drug-likeness (QED) is 0.309. The van der Waals surface area contributed by atoms with Crippen LogP contribution < -0.4 is 4.74 Å². The van der Waals surface area contributed by atoms with Gasteiger partial charge in [-0.1, -0.05) is 6.07 Å². The topological polar surface area (TPSA) is 36.9 Å². The molecule has 0 aromatic heterocycles. The minimum absolute atomic E-state index is 0.406. The van der Waals surface area contributed by atoms with Gasteiger partial charge in [0.2, 0.25) is 0 Å². The molecule has 0 bridgehead atoms. The van der Waals surface area contributed by atoms with Crippen LogP contribution in [0.5, 0.6) is 5.75 Å². The number of hydrogen-bond acceptors (Lipinski definition) is 5. The summed E-state index contributed by atoms with van der Waals surface area (Å²) in [6.45, 7) is 2.97. The standard InChI is InChI=1S/C15H25BrO4SSi/c1-17-5-6-18-12-13-3-4-14(16)15(11-13)19-7-8-20-22-10-2-9-21/h3-4,11,21H,2,5-10,12,22H2,1H3. The second kappa shape index (κ2) is 13.4. The highest BCUT2D eigenvalue weighted by Gasteiger charge is 2.03. The highest BCUT2D eigenvalue weighted by Crippen LogP contribution is 2.26. The van der Waals surface area contributed by atoms with Crippen LogP contribution in [0, 0.1) is 0 Å². The average Bonchev–Trinajstić information content (AvgIpc) is 2.53. The molecule has 0 unspecified atom stereocenters. The Labute approximate surface area is 149 Å². The highest BCUT2D eigenvalue weighted by molar-refractivity contribution is 9.10. The van der Waals surface area contributed by atoms with Gasteiger partial charge in [-0.15, -0.1) is 0 Å². The van der Waals surface area contributed by atoms with Gasteiger partial charge in [0.25, 0.3) is 0 Å². The van der Waals surface area contributed by atoms with Crippen molar-refractivity contribution in [1.29, 1.82) is 0 Å². The van der Waals surface area contributed by atoms with Crippen molar-refractivity contribution < 1.29 is 18.6 Å². The molecular weight excluding hydrogens is 384 g/mol. The average molecular weight is 409 g/mol. The van der Waals surface area contributed by atoms with Crippen LogP contribution >= 0.6 is 28.6 Å². The molecule has 0 aliphatic rings. The highest BCUT2D eigenvalue weighted by atomic mass is 79.9. The first-order valence-electron chi connectivity index (χ1n) is 7.44. The fourth-order valence-corrected chi connectivity index (χ4v) is 3.69. The third-order valence-corrected chi connectivity index (χ3v) is 5.22. The van der Waals surface area contributed by atoms with Crippen molar-refractivity contribution in [3.05, 3.63) is 28.2 Å². The molecule has 0 aliphatic heterocycles. The first kappa shape index (κ1) is 20.0. The molecule has 0 heterocycles. The maximum Gasteiger partial charge on any atom is 0.161 e. The zero-order valence-electron chi connectivity index (χ0n) is 13.1. The lowest BCUT2D eigenvalue weighted by Gasteiger charge is -2.11. The fourth-order valence-electron chi connectivity index (χ4n) is 1.71. The first-order valence-corrected chi connectivity index (χ1v) is 10.4. The molecule has 0 atom stereocenters. The predicted molar refractivity (Wildman–Crippen MR) is 98.9 cm³/mol. The van der Waals surface area contributed by atoms with Crippen molar-refractivity contribution in [2.75, 3.05) is 39.3 Å². The summed E-state index contributed by atoms with van der Waals surface area (Å²) >= 11 is 7.69. The SMILES string of the molecule is COCCOCc1ccc(Br)c(OCCO[SiH2]CCCS)c1. The fraction of sp³-hybridized carbons (Fsp3) is 0.600. The summed E-state index contributed by atoms with van der Waals surface area (Å²) in [7, 11) is 1.26. The van der Waals surface area contributed by atoms with Crippen molar-refractivity contribution in [3.63, 3.8) is 0 Å². The largest absolute Gasteiger partial charge is 0.490 e. The second-order valence-corrected chi connectivity index (χ2v) is 7.53. The summed E-state index contributed by atoms with van der Waals surface area (Å²) < 4.78 is 22.8. The molecule has 0 amide bonds. The minimum Gasteiger partial charge on any atom is -0.490 e. The van der Waals surface area contributed by atoms with E-state index in [9.17, 15) is 0 Å². The number of halogens is 1. The van der Waals surface area contributed by atoms with Gasteiger partial charge in [0.1, 0.15) is 12.4 Å². The lowest BCUT2D eigenvalue weighted by Crippen LogP contribution is -2.10. The Bertz CT molecular complexity index is 409. The molecule has 0 N–H and O–H groups in total. The third kappa shape index (κ3) is 9.17. The van der Waals surface area contributed by atoms with Gasteiger partial charge >= 0.3 is 0 Å². The van der Waals surface area contributed by atoms with E-state index in [-0.39, 0.29) is 0 Å². The molecule has 1 rings (SSSR count). The molecule has 0 radical (unpaired) electrons. The van der Waals surface area contributed by atoms with Gasteiger partial charge in [-0.05, 0) is 51.8 Å². The minimum atomic E-state index is -0.406. The van der Waals surface area contributed by atoms with Crippen LogP contribution in [0.4, 0.5) is 0 Å². The van der Waals surface area contributed by atoms with Gasteiger partial charge in [-0.2, -0.15) is 12.6 Å². The molecule has 0 saturated heterocycles. The molecule has 0 spiro atoms. The van der Waals surface area contributed by atoms with E-state index in [1.165, 1.54) is 6.04 Å². The van der Waals surface area contributed by atoms with E-state index in [1.54, 1.807) is 7.11 Å². The van der Waals surface area contributed by atoms with Gasteiger partial charge in [-0.25, -0.2) is 0 Å². The number of hydrogen-bond donors (Lipinski definition) is 1. The van der Waals surface area contributed by atoms with E-state index in [1.807, 2.05) is 18.2 Å². The molecule has 0 fully saturated rings. The smallest absolute Gasteiger partial charge is 0.161 e. The molecule has 1 aromatic rings. The molecule has 1 aromatic carbocycles. The number of methoxy groups -OCH3 is 1. The molecule has 126 valence electrons. The zero-order chi connectivity index (χ0) is 16.0. The Hall–Kier alpha value is -0.0531. The van der Waals surface area contributed by atoms with Crippen LogP contribution in [0.3, 0.4) is 0 Å². The predicted octanol–water partition coefficient (Wildman–Crippen LogP) is 2.83. The first-order chi connectivity index (χ1) is 10.8. The molecule has 4 nitrogen and oxygen atoms in total.